The number of amides is 1. The molecule has 1 fully saturated rings. The lowest BCUT2D eigenvalue weighted by molar-refractivity contribution is 0.0244. The van der Waals surface area contributed by atoms with Gasteiger partial charge in [0.05, 0.1) is 12.6 Å². The maximum absolute atomic E-state index is 12.2. The molecule has 17 heavy (non-hydrogen) atoms. The maximum Gasteiger partial charge on any atom is 0.253 e. The predicted octanol–water partition coefficient (Wildman–Crippen LogP) is 2.25. The van der Waals surface area contributed by atoms with Gasteiger partial charge in [-0.2, -0.15) is 0 Å². The first-order valence-corrected chi connectivity index (χ1v) is 6.10. The van der Waals surface area contributed by atoms with Gasteiger partial charge in [0, 0.05) is 19.2 Å². The van der Waals surface area contributed by atoms with Gasteiger partial charge in [-0.1, -0.05) is 17.7 Å². The topological polar surface area (TPSA) is 29.5 Å². The molecule has 0 saturated carbocycles. The van der Waals surface area contributed by atoms with Crippen LogP contribution in [-0.4, -0.2) is 37.1 Å². The molecule has 1 atom stereocenters. The highest BCUT2D eigenvalue weighted by Crippen LogP contribution is 2.15. The van der Waals surface area contributed by atoms with E-state index in [9.17, 15) is 4.79 Å². The number of hydrogen-bond donors (Lipinski definition) is 0. The van der Waals surface area contributed by atoms with Crippen molar-refractivity contribution in [2.45, 2.75) is 25.8 Å². The lowest BCUT2D eigenvalue weighted by atomic mass is 10.1. The Bertz CT molecular complexity index is 380. The van der Waals surface area contributed by atoms with Crippen molar-refractivity contribution in [1.82, 2.24) is 4.90 Å². The first-order chi connectivity index (χ1) is 8.18. The molecule has 1 aromatic rings. The molecule has 0 aromatic heterocycles. The third-order valence-electron chi connectivity index (χ3n) is 3.30. The summed E-state index contributed by atoms with van der Waals surface area (Å²) in [5.41, 5.74) is 1.92. The van der Waals surface area contributed by atoms with Gasteiger partial charge in [0.25, 0.3) is 5.91 Å². The summed E-state index contributed by atoms with van der Waals surface area (Å²) in [5, 5.41) is 0. The molecule has 1 unspecified atom stereocenters. The van der Waals surface area contributed by atoms with Crippen molar-refractivity contribution in [2.75, 3.05) is 20.3 Å². The van der Waals surface area contributed by atoms with Gasteiger partial charge in [0.15, 0.2) is 0 Å². The molecule has 3 heteroatoms. The molecule has 0 radical (unpaired) electrons. The largest absolute Gasteiger partial charge is 0.379 e. The normalized spacial score (nSPS) is 20.0. The number of aryl methyl sites for hydroxylation is 1. The Hall–Kier alpha value is -1.35. The minimum atomic E-state index is 0.0838. The molecule has 1 amide bonds. The van der Waals surface area contributed by atoms with Gasteiger partial charge in [-0.05, 0) is 31.9 Å². The molecule has 0 spiro atoms. The van der Waals surface area contributed by atoms with E-state index in [2.05, 4.69) is 0 Å². The quantitative estimate of drug-likeness (QED) is 0.784. The van der Waals surface area contributed by atoms with Crippen molar-refractivity contribution < 1.29 is 9.53 Å². The van der Waals surface area contributed by atoms with Crippen LogP contribution in [0.1, 0.15) is 28.8 Å². The second-order valence-corrected chi connectivity index (χ2v) is 4.65. The van der Waals surface area contributed by atoms with Gasteiger partial charge in [0.2, 0.25) is 0 Å². The Labute approximate surface area is 102 Å². The molecule has 0 aliphatic carbocycles. The number of hydrogen-bond acceptors (Lipinski definition) is 2. The zero-order valence-corrected chi connectivity index (χ0v) is 10.5. The Morgan fingerprint density at radius 3 is 2.65 bits per heavy atom. The summed E-state index contributed by atoms with van der Waals surface area (Å²) in [6.07, 6.45) is 2.07. The Kier molecular flexibility index (Phi) is 3.79. The monoisotopic (exact) mass is 233 g/mol. The predicted molar refractivity (Wildman–Crippen MR) is 67.1 cm³/mol. The highest BCUT2D eigenvalue weighted by atomic mass is 16.5. The number of ether oxygens (including phenoxy) is 1. The van der Waals surface area contributed by atoms with Crippen LogP contribution < -0.4 is 0 Å². The molecular formula is C14H19NO2. The minimum absolute atomic E-state index is 0.0838. The van der Waals surface area contributed by atoms with Crippen LogP contribution in [0.4, 0.5) is 0 Å². The number of nitrogens with zero attached hydrogens (tertiary/aromatic N) is 1. The van der Waals surface area contributed by atoms with Crippen molar-refractivity contribution in [1.29, 1.82) is 0 Å². The SMILES string of the molecule is Cc1ccc(C(=O)N(C)C2CCCOC2)cc1. The van der Waals surface area contributed by atoms with Crippen molar-refractivity contribution in [3.8, 4) is 0 Å². The third kappa shape index (κ3) is 2.86. The van der Waals surface area contributed by atoms with Crippen LogP contribution >= 0.6 is 0 Å². The van der Waals surface area contributed by atoms with Gasteiger partial charge in [-0.3, -0.25) is 4.79 Å². The molecule has 3 nitrogen and oxygen atoms in total. The standard InChI is InChI=1S/C14H19NO2/c1-11-5-7-12(8-6-11)14(16)15(2)13-4-3-9-17-10-13/h5-8,13H,3-4,9-10H2,1-2H3. The van der Waals surface area contributed by atoms with E-state index < -0.39 is 0 Å². The van der Waals surface area contributed by atoms with Crippen molar-refractivity contribution >= 4 is 5.91 Å². The van der Waals surface area contributed by atoms with Crippen LogP contribution in [0.25, 0.3) is 0 Å². The summed E-state index contributed by atoms with van der Waals surface area (Å²) in [7, 11) is 1.86. The molecule has 1 aromatic carbocycles. The van der Waals surface area contributed by atoms with Gasteiger partial charge < -0.3 is 9.64 Å². The fourth-order valence-corrected chi connectivity index (χ4v) is 2.09. The van der Waals surface area contributed by atoms with Crippen LogP contribution in [0, 0.1) is 6.92 Å². The molecule has 1 aliphatic rings. The van der Waals surface area contributed by atoms with Crippen molar-refractivity contribution in [3.63, 3.8) is 0 Å². The first-order valence-electron chi connectivity index (χ1n) is 6.10. The van der Waals surface area contributed by atoms with E-state index in [-0.39, 0.29) is 11.9 Å². The average Bonchev–Trinajstić information content (AvgIpc) is 2.39. The van der Waals surface area contributed by atoms with Crippen LogP contribution in [0.5, 0.6) is 0 Å². The molecule has 1 saturated heterocycles. The summed E-state index contributed by atoms with van der Waals surface area (Å²) in [4.78, 5) is 14.0. The Balaban J connectivity index is 2.05. The van der Waals surface area contributed by atoms with Gasteiger partial charge in [0.1, 0.15) is 0 Å². The highest BCUT2D eigenvalue weighted by Gasteiger charge is 2.23. The van der Waals surface area contributed by atoms with E-state index in [1.807, 2.05) is 43.1 Å². The summed E-state index contributed by atoms with van der Waals surface area (Å²) in [5.74, 6) is 0.0838. The molecule has 0 bridgehead atoms. The Morgan fingerprint density at radius 1 is 1.35 bits per heavy atom. The number of rotatable bonds is 2. The lowest BCUT2D eigenvalue weighted by Gasteiger charge is -2.31. The number of benzene rings is 1. The smallest absolute Gasteiger partial charge is 0.253 e. The molecule has 92 valence electrons. The van der Waals surface area contributed by atoms with Gasteiger partial charge in [-0.15, -0.1) is 0 Å². The second-order valence-electron chi connectivity index (χ2n) is 4.65. The molecule has 2 rings (SSSR count). The van der Waals surface area contributed by atoms with Crippen LogP contribution in [-0.2, 0) is 4.74 Å². The van der Waals surface area contributed by atoms with Crippen molar-refractivity contribution in [2.24, 2.45) is 0 Å². The fourth-order valence-electron chi connectivity index (χ4n) is 2.09. The zero-order chi connectivity index (χ0) is 12.3. The van der Waals surface area contributed by atoms with E-state index >= 15 is 0 Å². The molecule has 0 N–H and O–H groups in total. The van der Waals surface area contributed by atoms with E-state index in [4.69, 9.17) is 4.74 Å². The molecule has 1 heterocycles. The van der Waals surface area contributed by atoms with Gasteiger partial charge in [-0.25, -0.2) is 0 Å². The van der Waals surface area contributed by atoms with E-state index in [0.29, 0.717) is 6.61 Å². The van der Waals surface area contributed by atoms with E-state index in [1.165, 1.54) is 5.56 Å². The second kappa shape index (κ2) is 5.32. The summed E-state index contributed by atoms with van der Waals surface area (Å²) < 4.78 is 5.41. The lowest BCUT2D eigenvalue weighted by Crippen LogP contribution is -2.42. The minimum Gasteiger partial charge on any atom is -0.379 e. The number of carbonyl (C=O) groups excluding carboxylic acids is 1. The maximum atomic E-state index is 12.2. The fraction of sp³-hybridized carbons (Fsp3) is 0.500. The third-order valence-corrected chi connectivity index (χ3v) is 3.30. The number of carbonyl (C=O) groups is 1. The first kappa shape index (κ1) is 12.1. The van der Waals surface area contributed by atoms with Crippen LogP contribution in [0.3, 0.4) is 0 Å². The highest BCUT2D eigenvalue weighted by molar-refractivity contribution is 5.94. The molecule has 1 aliphatic heterocycles. The summed E-state index contributed by atoms with van der Waals surface area (Å²) in [6, 6.07) is 7.93. The van der Waals surface area contributed by atoms with E-state index in [0.717, 1.165) is 25.0 Å². The number of likely N-dealkylation sites (N-methyl/N-ethyl adjacent to an activating group) is 1. The summed E-state index contributed by atoms with van der Waals surface area (Å²) >= 11 is 0. The average molecular weight is 233 g/mol. The van der Waals surface area contributed by atoms with Crippen LogP contribution in [0.15, 0.2) is 24.3 Å². The van der Waals surface area contributed by atoms with E-state index in [1.54, 1.807) is 0 Å². The van der Waals surface area contributed by atoms with Crippen molar-refractivity contribution in [3.05, 3.63) is 35.4 Å². The Morgan fingerprint density at radius 2 is 2.06 bits per heavy atom. The summed E-state index contributed by atoms with van der Waals surface area (Å²) in [6.45, 7) is 3.50. The molecular weight excluding hydrogens is 214 g/mol. The van der Waals surface area contributed by atoms with Gasteiger partial charge >= 0.3 is 0 Å². The van der Waals surface area contributed by atoms with Crippen LogP contribution in [0.2, 0.25) is 0 Å². The zero-order valence-electron chi connectivity index (χ0n) is 10.5.